The molecule has 7 rings (SSSR count). The number of thioether (sulfide) groups is 1. The minimum atomic E-state index is -0.0797. The summed E-state index contributed by atoms with van der Waals surface area (Å²) in [6, 6.07) is 44.9. The van der Waals surface area contributed by atoms with Gasteiger partial charge in [-0.1, -0.05) is 115 Å². The third-order valence-electron chi connectivity index (χ3n) is 7.47. The predicted molar refractivity (Wildman–Crippen MR) is 183 cm³/mol. The Morgan fingerprint density at radius 2 is 1.45 bits per heavy atom. The van der Waals surface area contributed by atoms with Crippen molar-refractivity contribution in [2.24, 2.45) is 4.99 Å². The molecule has 2 heterocycles. The summed E-state index contributed by atoms with van der Waals surface area (Å²) in [4.78, 5) is 20.7. The molecular formula is C38H28N4OS. The first-order valence-electron chi connectivity index (χ1n) is 14.4. The number of fused-ring (bicyclic) bond motifs is 1. The molecule has 0 N–H and O–H groups in total. The maximum Gasteiger partial charge on any atom is 0.267 e. The van der Waals surface area contributed by atoms with Crippen LogP contribution >= 0.6 is 11.8 Å². The van der Waals surface area contributed by atoms with Gasteiger partial charge in [0.1, 0.15) is 0 Å². The Morgan fingerprint density at radius 3 is 2.20 bits per heavy atom. The van der Waals surface area contributed by atoms with E-state index in [-0.39, 0.29) is 5.91 Å². The lowest BCUT2D eigenvalue weighted by Gasteiger charge is -2.13. The SMILES string of the molecule is C=CCN1C(=O)/C(=C/c2ccc(-n3nc(-c4ccccc4)cc3-c3ccccc3)cc2)SC1=Nc1cccc2ccccc12. The van der Waals surface area contributed by atoms with Gasteiger partial charge in [-0.3, -0.25) is 9.69 Å². The summed E-state index contributed by atoms with van der Waals surface area (Å²) in [5, 5.41) is 7.79. The van der Waals surface area contributed by atoms with Crippen LogP contribution in [0.15, 0.2) is 156 Å². The molecule has 0 unspecified atom stereocenters. The number of amides is 1. The zero-order valence-corrected chi connectivity index (χ0v) is 24.7. The van der Waals surface area contributed by atoms with Crippen LogP contribution in [-0.2, 0) is 4.79 Å². The fraction of sp³-hybridized carbons (Fsp3) is 0.0263. The molecule has 5 aromatic carbocycles. The van der Waals surface area contributed by atoms with Gasteiger partial charge in [0.05, 0.1) is 27.7 Å². The molecule has 6 aromatic rings. The number of aromatic nitrogens is 2. The van der Waals surface area contributed by atoms with Crippen LogP contribution in [0.4, 0.5) is 5.69 Å². The normalized spacial score (nSPS) is 15.0. The van der Waals surface area contributed by atoms with Crippen LogP contribution in [0.2, 0.25) is 0 Å². The van der Waals surface area contributed by atoms with Crippen molar-refractivity contribution in [3.8, 4) is 28.2 Å². The Bertz CT molecular complexity index is 2040. The Hall–Kier alpha value is -5.46. The summed E-state index contributed by atoms with van der Waals surface area (Å²) < 4.78 is 1.98. The molecule has 1 saturated heterocycles. The fourth-order valence-electron chi connectivity index (χ4n) is 5.30. The third kappa shape index (κ3) is 5.39. The highest BCUT2D eigenvalue weighted by Gasteiger charge is 2.32. The van der Waals surface area contributed by atoms with E-state index in [1.165, 1.54) is 11.8 Å². The molecule has 44 heavy (non-hydrogen) atoms. The number of benzene rings is 5. The second-order valence-electron chi connectivity index (χ2n) is 10.4. The van der Waals surface area contributed by atoms with E-state index in [9.17, 15) is 4.79 Å². The molecule has 0 spiro atoms. The number of carbonyl (C=O) groups excluding carboxylic acids is 1. The molecule has 0 bridgehead atoms. The zero-order chi connectivity index (χ0) is 29.9. The largest absolute Gasteiger partial charge is 0.283 e. The molecule has 1 amide bonds. The Labute approximate surface area is 260 Å². The lowest BCUT2D eigenvalue weighted by molar-refractivity contribution is -0.121. The first-order valence-corrected chi connectivity index (χ1v) is 15.2. The fourth-order valence-corrected chi connectivity index (χ4v) is 6.30. The molecule has 1 aliphatic heterocycles. The van der Waals surface area contributed by atoms with Crippen molar-refractivity contribution in [3.05, 3.63) is 157 Å². The third-order valence-corrected chi connectivity index (χ3v) is 8.47. The number of nitrogens with zero attached hydrogens (tertiary/aromatic N) is 4. The van der Waals surface area contributed by atoms with Crippen LogP contribution in [0.3, 0.4) is 0 Å². The molecule has 1 aromatic heterocycles. The van der Waals surface area contributed by atoms with Crippen molar-refractivity contribution < 1.29 is 4.79 Å². The van der Waals surface area contributed by atoms with Crippen molar-refractivity contribution in [1.82, 2.24) is 14.7 Å². The monoisotopic (exact) mass is 588 g/mol. The predicted octanol–water partition coefficient (Wildman–Crippen LogP) is 9.15. The minimum Gasteiger partial charge on any atom is -0.283 e. The van der Waals surface area contributed by atoms with Gasteiger partial charge in [0.25, 0.3) is 5.91 Å². The molecule has 0 radical (unpaired) electrons. The van der Waals surface area contributed by atoms with E-state index in [1.807, 2.05) is 95.7 Å². The number of hydrogen-bond acceptors (Lipinski definition) is 4. The molecule has 1 aliphatic rings. The standard InChI is InChI=1S/C38H28N4OS/c1-2-24-41-37(43)36(44-38(41)39-33-19-11-17-28-12-9-10-18-32(28)33)25-27-20-22-31(23-21-27)42-35(30-15-7-4-8-16-30)26-34(40-42)29-13-5-3-6-14-29/h2-23,25-26H,1,24H2/b36-25-,39-38?. The summed E-state index contributed by atoms with van der Waals surface area (Å²) in [7, 11) is 0. The lowest BCUT2D eigenvalue weighted by Crippen LogP contribution is -2.29. The van der Waals surface area contributed by atoms with Crippen LogP contribution in [0.5, 0.6) is 0 Å². The Balaban J connectivity index is 1.21. The highest BCUT2D eigenvalue weighted by Crippen LogP contribution is 2.36. The van der Waals surface area contributed by atoms with Gasteiger partial charge >= 0.3 is 0 Å². The summed E-state index contributed by atoms with van der Waals surface area (Å²) in [6.07, 6.45) is 3.65. The van der Waals surface area contributed by atoms with Gasteiger partial charge < -0.3 is 0 Å². The summed E-state index contributed by atoms with van der Waals surface area (Å²) in [5.41, 5.74) is 6.75. The molecule has 0 saturated carbocycles. The van der Waals surface area contributed by atoms with E-state index in [1.54, 1.807) is 11.0 Å². The quantitative estimate of drug-likeness (QED) is 0.138. The molecular weight excluding hydrogens is 561 g/mol. The maximum absolute atomic E-state index is 13.5. The van der Waals surface area contributed by atoms with Gasteiger partial charge in [0.15, 0.2) is 5.17 Å². The zero-order valence-electron chi connectivity index (χ0n) is 23.9. The Morgan fingerprint density at radius 1 is 0.773 bits per heavy atom. The van der Waals surface area contributed by atoms with E-state index in [0.29, 0.717) is 16.6 Å². The van der Waals surface area contributed by atoms with E-state index in [4.69, 9.17) is 10.1 Å². The molecule has 0 aliphatic carbocycles. The van der Waals surface area contributed by atoms with Gasteiger partial charge in [0, 0.05) is 23.1 Å². The minimum absolute atomic E-state index is 0.0797. The van der Waals surface area contributed by atoms with Gasteiger partial charge in [-0.25, -0.2) is 9.67 Å². The molecule has 0 atom stereocenters. The van der Waals surface area contributed by atoms with Gasteiger partial charge in [-0.2, -0.15) is 5.10 Å². The maximum atomic E-state index is 13.5. The number of amidine groups is 1. The van der Waals surface area contributed by atoms with Gasteiger partial charge in [-0.05, 0) is 53.1 Å². The summed E-state index contributed by atoms with van der Waals surface area (Å²) in [5.74, 6) is -0.0797. The highest BCUT2D eigenvalue weighted by atomic mass is 32.2. The van der Waals surface area contributed by atoms with Crippen LogP contribution in [0, 0.1) is 0 Å². The van der Waals surface area contributed by atoms with E-state index in [2.05, 4.69) is 55.1 Å². The summed E-state index contributed by atoms with van der Waals surface area (Å²) >= 11 is 1.39. The van der Waals surface area contributed by atoms with E-state index >= 15 is 0 Å². The van der Waals surface area contributed by atoms with Crippen molar-refractivity contribution in [1.29, 1.82) is 0 Å². The highest BCUT2D eigenvalue weighted by molar-refractivity contribution is 8.18. The van der Waals surface area contributed by atoms with Crippen molar-refractivity contribution >= 4 is 45.4 Å². The van der Waals surface area contributed by atoms with E-state index < -0.39 is 0 Å². The average Bonchev–Trinajstić information content (AvgIpc) is 3.64. The first kappa shape index (κ1) is 27.4. The van der Waals surface area contributed by atoms with Crippen LogP contribution in [0.1, 0.15) is 5.56 Å². The molecule has 1 fully saturated rings. The second-order valence-corrected chi connectivity index (χ2v) is 11.4. The lowest BCUT2D eigenvalue weighted by atomic mass is 10.1. The number of aliphatic imine (C=N–C) groups is 1. The topological polar surface area (TPSA) is 50.5 Å². The van der Waals surface area contributed by atoms with Crippen molar-refractivity contribution in [2.75, 3.05) is 6.54 Å². The first-order chi connectivity index (χ1) is 21.7. The van der Waals surface area contributed by atoms with Crippen molar-refractivity contribution in [2.45, 2.75) is 0 Å². The average molecular weight is 589 g/mol. The van der Waals surface area contributed by atoms with E-state index in [0.717, 1.165) is 50.2 Å². The number of hydrogen-bond donors (Lipinski definition) is 0. The molecule has 6 heteroatoms. The van der Waals surface area contributed by atoms with Gasteiger partial charge in [-0.15, -0.1) is 6.58 Å². The van der Waals surface area contributed by atoms with Crippen LogP contribution in [0.25, 0.3) is 45.1 Å². The van der Waals surface area contributed by atoms with Gasteiger partial charge in [0.2, 0.25) is 0 Å². The summed E-state index contributed by atoms with van der Waals surface area (Å²) in [6.45, 7) is 4.25. The number of carbonyl (C=O) groups is 1. The Kier molecular flexibility index (Phi) is 7.49. The second kappa shape index (κ2) is 12.0. The van der Waals surface area contributed by atoms with Crippen molar-refractivity contribution in [3.63, 3.8) is 0 Å². The number of rotatable bonds is 7. The van der Waals surface area contributed by atoms with Crippen LogP contribution in [-0.4, -0.2) is 32.3 Å². The smallest absolute Gasteiger partial charge is 0.267 e. The molecule has 212 valence electrons. The molecule has 5 nitrogen and oxygen atoms in total. The van der Waals surface area contributed by atoms with Crippen LogP contribution < -0.4 is 0 Å².